The van der Waals surface area contributed by atoms with Gasteiger partial charge in [0.25, 0.3) is 0 Å². The molecule has 0 spiro atoms. The van der Waals surface area contributed by atoms with Gasteiger partial charge in [-0.05, 0) is 51.5 Å². The summed E-state index contributed by atoms with van der Waals surface area (Å²) in [6.07, 6.45) is 4.04. The third-order valence-corrected chi connectivity index (χ3v) is 5.22. The Morgan fingerprint density at radius 3 is 2.62 bits per heavy atom. The van der Waals surface area contributed by atoms with Gasteiger partial charge in [0.2, 0.25) is 5.91 Å². The Kier molecular flexibility index (Phi) is 4.60. The molecule has 0 unspecified atom stereocenters. The van der Waals surface area contributed by atoms with Crippen LogP contribution in [0.5, 0.6) is 0 Å². The second-order valence-electron chi connectivity index (χ2n) is 7.24. The first kappa shape index (κ1) is 16.9. The van der Waals surface area contributed by atoms with E-state index in [1.165, 1.54) is 6.07 Å². The number of hydrogen-bond acceptors (Lipinski definition) is 3. The Hall–Kier alpha value is -1.93. The third kappa shape index (κ3) is 3.59. The highest BCUT2D eigenvalue weighted by Gasteiger charge is 2.44. The SMILES string of the molecule is C[C@H](c1ccccc1F)N(CC(=O)N[C@](C)(C#N)C1CC1)C1CC1. The molecule has 1 N–H and O–H groups in total. The number of benzene rings is 1. The van der Waals surface area contributed by atoms with Crippen LogP contribution < -0.4 is 5.32 Å². The molecule has 1 aromatic rings. The first-order chi connectivity index (χ1) is 11.4. The Bertz CT molecular complexity index is 663. The number of nitriles is 1. The van der Waals surface area contributed by atoms with E-state index < -0.39 is 5.54 Å². The molecule has 2 aliphatic rings. The summed E-state index contributed by atoms with van der Waals surface area (Å²) >= 11 is 0. The summed E-state index contributed by atoms with van der Waals surface area (Å²) in [6, 6.07) is 9.12. The number of rotatable bonds is 7. The monoisotopic (exact) mass is 329 g/mol. The fraction of sp³-hybridized carbons (Fsp3) is 0.579. The lowest BCUT2D eigenvalue weighted by Gasteiger charge is -2.31. The molecule has 2 saturated carbocycles. The molecule has 2 fully saturated rings. The quantitative estimate of drug-likeness (QED) is 0.836. The molecule has 2 aliphatic carbocycles. The van der Waals surface area contributed by atoms with E-state index >= 15 is 0 Å². The molecule has 0 saturated heterocycles. The molecule has 0 radical (unpaired) electrons. The molecule has 128 valence electrons. The van der Waals surface area contributed by atoms with E-state index in [0.717, 1.165) is 25.7 Å². The van der Waals surface area contributed by atoms with Crippen molar-refractivity contribution in [2.24, 2.45) is 5.92 Å². The van der Waals surface area contributed by atoms with Crippen molar-refractivity contribution in [3.05, 3.63) is 35.6 Å². The topological polar surface area (TPSA) is 56.1 Å². The fourth-order valence-corrected chi connectivity index (χ4v) is 3.36. The largest absolute Gasteiger partial charge is 0.337 e. The summed E-state index contributed by atoms with van der Waals surface area (Å²) in [7, 11) is 0. The zero-order chi connectivity index (χ0) is 17.3. The standard InChI is InChI=1S/C19H24FN3O/c1-13(16-5-3-4-6-17(16)20)23(15-9-10-15)11-18(24)22-19(2,12-21)14-7-8-14/h3-6,13-15H,7-11H2,1-2H3,(H,22,24)/t13-,19-/m1/s1. The highest BCUT2D eigenvalue weighted by atomic mass is 19.1. The van der Waals surface area contributed by atoms with Crippen LogP contribution in [0.2, 0.25) is 0 Å². The van der Waals surface area contributed by atoms with Crippen molar-refractivity contribution >= 4 is 5.91 Å². The van der Waals surface area contributed by atoms with Gasteiger partial charge < -0.3 is 5.32 Å². The van der Waals surface area contributed by atoms with E-state index in [0.29, 0.717) is 11.6 Å². The van der Waals surface area contributed by atoms with Crippen LogP contribution in [0.25, 0.3) is 0 Å². The highest BCUT2D eigenvalue weighted by Crippen LogP contribution is 2.39. The maximum Gasteiger partial charge on any atom is 0.235 e. The molecule has 0 heterocycles. The molecule has 2 atom stereocenters. The Morgan fingerprint density at radius 2 is 2.08 bits per heavy atom. The van der Waals surface area contributed by atoms with E-state index in [-0.39, 0.29) is 30.2 Å². The number of nitrogens with zero attached hydrogens (tertiary/aromatic N) is 2. The Morgan fingerprint density at radius 1 is 1.42 bits per heavy atom. The summed E-state index contributed by atoms with van der Waals surface area (Å²) in [5.74, 6) is -0.137. The van der Waals surface area contributed by atoms with Gasteiger partial charge in [-0.2, -0.15) is 5.26 Å². The lowest BCUT2D eigenvalue weighted by Crippen LogP contribution is -2.50. The molecule has 5 heteroatoms. The summed E-state index contributed by atoms with van der Waals surface area (Å²) in [6.45, 7) is 3.93. The van der Waals surface area contributed by atoms with E-state index in [4.69, 9.17) is 0 Å². The summed E-state index contributed by atoms with van der Waals surface area (Å²) in [5.41, 5.74) is -0.171. The number of halogens is 1. The van der Waals surface area contributed by atoms with Crippen molar-refractivity contribution in [3.8, 4) is 6.07 Å². The highest BCUT2D eigenvalue weighted by molar-refractivity contribution is 5.79. The summed E-state index contributed by atoms with van der Waals surface area (Å²) in [4.78, 5) is 14.6. The molecule has 1 aromatic carbocycles. The maximum absolute atomic E-state index is 14.1. The molecule has 0 aromatic heterocycles. The smallest absolute Gasteiger partial charge is 0.235 e. The van der Waals surface area contributed by atoms with E-state index in [9.17, 15) is 14.4 Å². The average Bonchev–Trinajstić information content (AvgIpc) is 3.44. The summed E-state index contributed by atoms with van der Waals surface area (Å²) < 4.78 is 14.1. The number of carbonyl (C=O) groups is 1. The predicted molar refractivity (Wildman–Crippen MR) is 89.4 cm³/mol. The van der Waals surface area contributed by atoms with Gasteiger partial charge in [0.15, 0.2) is 0 Å². The van der Waals surface area contributed by atoms with Crippen LogP contribution in [0.15, 0.2) is 24.3 Å². The maximum atomic E-state index is 14.1. The number of nitrogens with one attached hydrogen (secondary N) is 1. The van der Waals surface area contributed by atoms with Gasteiger partial charge in [-0.1, -0.05) is 18.2 Å². The molecule has 4 nitrogen and oxygen atoms in total. The van der Waals surface area contributed by atoms with Gasteiger partial charge in [-0.25, -0.2) is 4.39 Å². The molecule has 1 amide bonds. The number of hydrogen-bond donors (Lipinski definition) is 1. The third-order valence-electron chi connectivity index (χ3n) is 5.22. The minimum atomic E-state index is -0.784. The molecule has 24 heavy (non-hydrogen) atoms. The van der Waals surface area contributed by atoms with Gasteiger partial charge >= 0.3 is 0 Å². The normalized spacial score (nSPS) is 21.0. The van der Waals surface area contributed by atoms with Crippen molar-refractivity contribution in [2.45, 2.75) is 57.2 Å². The van der Waals surface area contributed by atoms with Gasteiger partial charge in [0.1, 0.15) is 11.4 Å². The van der Waals surface area contributed by atoms with Crippen LogP contribution in [0.3, 0.4) is 0 Å². The van der Waals surface area contributed by atoms with Crippen LogP contribution in [0.4, 0.5) is 4.39 Å². The van der Waals surface area contributed by atoms with E-state index in [1.54, 1.807) is 19.1 Å². The van der Waals surface area contributed by atoms with Crippen LogP contribution >= 0.6 is 0 Å². The van der Waals surface area contributed by atoms with Crippen LogP contribution in [0.1, 0.15) is 51.1 Å². The van der Waals surface area contributed by atoms with Crippen LogP contribution in [-0.2, 0) is 4.79 Å². The second-order valence-corrected chi connectivity index (χ2v) is 7.24. The lowest BCUT2D eigenvalue weighted by atomic mass is 9.98. The first-order valence-corrected chi connectivity index (χ1v) is 8.67. The van der Waals surface area contributed by atoms with Crippen molar-refractivity contribution in [3.63, 3.8) is 0 Å². The number of carbonyl (C=O) groups excluding carboxylic acids is 1. The van der Waals surface area contributed by atoms with Crippen LogP contribution in [0, 0.1) is 23.1 Å². The molecule has 0 bridgehead atoms. The predicted octanol–water partition coefficient (Wildman–Crippen LogP) is 3.16. The Labute approximate surface area is 142 Å². The minimum absolute atomic E-state index is 0.152. The average molecular weight is 329 g/mol. The summed E-state index contributed by atoms with van der Waals surface area (Å²) in [5, 5.41) is 12.3. The molecule has 3 rings (SSSR count). The van der Waals surface area contributed by atoms with Gasteiger partial charge in [-0.15, -0.1) is 0 Å². The zero-order valence-corrected chi connectivity index (χ0v) is 14.3. The van der Waals surface area contributed by atoms with Gasteiger partial charge in [0.05, 0.1) is 12.6 Å². The molecule has 0 aliphatic heterocycles. The minimum Gasteiger partial charge on any atom is -0.337 e. The van der Waals surface area contributed by atoms with Crippen molar-refractivity contribution in [1.82, 2.24) is 10.2 Å². The molecular weight excluding hydrogens is 305 g/mol. The van der Waals surface area contributed by atoms with E-state index in [2.05, 4.69) is 16.3 Å². The van der Waals surface area contributed by atoms with E-state index in [1.807, 2.05) is 13.0 Å². The van der Waals surface area contributed by atoms with Gasteiger partial charge in [-0.3, -0.25) is 9.69 Å². The number of amides is 1. The lowest BCUT2D eigenvalue weighted by molar-refractivity contribution is -0.124. The molecular formula is C19H24FN3O. The van der Waals surface area contributed by atoms with Crippen molar-refractivity contribution in [2.75, 3.05) is 6.54 Å². The first-order valence-electron chi connectivity index (χ1n) is 8.67. The van der Waals surface area contributed by atoms with Crippen LogP contribution in [-0.4, -0.2) is 28.9 Å². The second kappa shape index (κ2) is 6.52. The zero-order valence-electron chi connectivity index (χ0n) is 14.3. The van der Waals surface area contributed by atoms with Crippen molar-refractivity contribution in [1.29, 1.82) is 5.26 Å². The Balaban J connectivity index is 1.69. The van der Waals surface area contributed by atoms with Crippen molar-refractivity contribution < 1.29 is 9.18 Å². The van der Waals surface area contributed by atoms with Gasteiger partial charge in [0, 0.05) is 17.6 Å². The fourth-order valence-electron chi connectivity index (χ4n) is 3.36.